The fourth-order valence-corrected chi connectivity index (χ4v) is 5.63. The highest BCUT2D eigenvalue weighted by molar-refractivity contribution is 7.99. The number of aromatic nitrogens is 4. The number of halogens is 1. The number of hydrogen-bond donors (Lipinski definition) is 0. The number of ketones is 1. The van der Waals surface area contributed by atoms with Crippen molar-refractivity contribution in [2.75, 3.05) is 5.75 Å². The lowest BCUT2D eigenvalue weighted by Gasteiger charge is -2.25. The molecule has 160 valence electrons. The average Bonchev–Trinajstić information content (AvgIpc) is 3.40. The Morgan fingerprint density at radius 1 is 1.32 bits per heavy atom. The zero-order valence-electron chi connectivity index (χ0n) is 17.1. The number of nitriles is 1. The number of carbonyl (C=O) groups excluding carboxylic acids is 1. The minimum atomic E-state index is -0.886. The van der Waals surface area contributed by atoms with E-state index in [9.17, 15) is 14.4 Å². The molecular weight excluding hydrogens is 433 g/mol. The van der Waals surface area contributed by atoms with Gasteiger partial charge in [0, 0.05) is 17.1 Å². The Balaban J connectivity index is 1.60. The maximum Gasteiger partial charge on any atom is 0.192 e. The number of Topliss-reactive ketones (excluding diaryl/α,β-unsaturated/α-hetero) is 1. The predicted octanol–water partition coefficient (Wildman–Crippen LogP) is 5.32. The van der Waals surface area contributed by atoms with Crippen LogP contribution in [0.5, 0.6) is 0 Å². The first-order valence-electron chi connectivity index (χ1n) is 10.3. The largest absolute Gasteiger partial charge is 0.299 e. The molecule has 4 rings (SSSR count). The number of aryl methyl sites for hydroxylation is 1. The molecular formula is C22H22FN5OS2. The van der Waals surface area contributed by atoms with Gasteiger partial charge in [-0.1, -0.05) is 43.2 Å². The molecule has 31 heavy (non-hydrogen) atoms. The van der Waals surface area contributed by atoms with E-state index < -0.39 is 5.92 Å². The summed E-state index contributed by atoms with van der Waals surface area (Å²) in [7, 11) is 0. The summed E-state index contributed by atoms with van der Waals surface area (Å²) in [6, 6.07) is 8.80. The molecule has 1 fully saturated rings. The van der Waals surface area contributed by atoms with Crippen LogP contribution in [-0.2, 0) is 4.79 Å². The van der Waals surface area contributed by atoms with Crippen LogP contribution in [0.15, 0.2) is 34.8 Å². The highest BCUT2D eigenvalue weighted by Gasteiger charge is 2.28. The van der Waals surface area contributed by atoms with Crippen LogP contribution in [-0.4, -0.2) is 31.3 Å². The van der Waals surface area contributed by atoms with Crippen molar-refractivity contribution in [2.24, 2.45) is 0 Å². The predicted molar refractivity (Wildman–Crippen MR) is 118 cm³/mol. The Bertz CT molecular complexity index is 1110. The van der Waals surface area contributed by atoms with Crippen LogP contribution >= 0.6 is 23.1 Å². The summed E-state index contributed by atoms with van der Waals surface area (Å²) < 4.78 is 16.5. The lowest BCUT2D eigenvalue weighted by Crippen LogP contribution is -2.17. The van der Waals surface area contributed by atoms with Gasteiger partial charge in [-0.2, -0.15) is 5.26 Å². The van der Waals surface area contributed by atoms with Crippen LogP contribution in [0, 0.1) is 24.1 Å². The van der Waals surface area contributed by atoms with Crippen molar-refractivity contribution in [1.29, 1.82) is 5.26 Å². The van der Waals surface area contributed by atoms with Crippen molar-refractivity contribution in [3.05, 3.63) is 46.2 Å². The number of rotatable bonds is 7. The van der Waals surface area contributed by atoms with Gasteiger partial charge in [0.1, 0.15) is 10.8 Å². The van der Waals surface area contributed by atoms with Crippen LogP contribution in [0.2, 0.25) is 0 Å². The summed E-state index contributed by atoms with van der Waals surface area (Å²) in [6.45, 7) is 1.84. The Morgan fingerprint density at radius 3 is 2.77 bits per heavy atom. The molecule has 6 nitrogen and oxygen atoms in total. The molecule has 3 aromatic rings. The van der Waals surface area contributed by atoms with Crippen molar-refractivity contribution in [2.45, 2.75) is 56.1 Å². The third-order valence-corrected chi connectivity index (χ3v) is 7.39. The minimum Gasteiger partial charge on any atom is -0.299 e. The number of carbonyl (C=O) groups is 1. The van der Waals surface area contributed by atoms with Crippen molar-refractivity contribution in [1.82, 2.24) is 19.7 Å². The second-order valence-corrected chi connectivity index (χ2v) is 9.42. The molecule has 1 saturated carbocycles. The van der Waals surface area contributed by atoms with Gasteiger partial charge in [0.2, 0.25) is 0 Å². The zero-order valence-corrected chi connectivity index (χ0v) is 18.8. The van der Waals surface area contributed by atoms with Gasteiger partial charge in [-0.05, 0) is 31.9 Å². The van der Waals surface area contributed by atoms with Crippen LogP contribution in [0.25, 0.3) is 11.4 Å². The molecule has 9 heteroatoms. The van der Waals surface area contributed by atoms with E-state index in [0.29, 0.717) is 21.6 Å². The molecule has 1 aliphatic carbocycles. The zero-order chi connectivity index (χ0) is 21.8. The van der Waals surface area contributed by atoms with Crippen molar-refractivity contribution in [3.63, 3.8) is 0 Å². The van der Waals surface area contributed by atoms with E-state index in [2.05, 4.69) is 21.3 Å². The van der Waals surface area contributed by atoms with E-state index in [-0.39, 0.29) is 23.4 Å². The maximum absolute atomic E-state index is 14.5. The Labute approximate surface area is 188 Å². The lowest BCUT2D eigenvalue weighted by molar-refractivity contribution is -0.116. The summed E-state index contributed by atoms with van der Waals surface area (Å²) in [5.41, 5.74) is 1.21. The van der Waals surface area contributed by atoms with Gasteiger partial charge < -0.3 is 0 Å². The summed E-state index contributed by atoms with van der Waals surface area (Å²) in [6.07, 6.45) is 5.33. The molecule has 0 spiro atoms. The molecule has 0 unspecified atom stereocenters. The molecule has 2 aromatic heterocycles. The van der Waals surface area contributed by atoms with Gasteiger partial charge in [-0.3, -0.25) is 9.36 Å². The van der Waals surface area contributed by atoms with E-state index in [0.717, 1.165) is 31.4 Å². The standard InChI is InChI=1S/C22H22FN5OS2/c1-14-12-30-21(25-14)17(11-24)19(29)13-31-22-27-26-20(16-9-5-6-10-18(16)23)28(22)15-7-3-2-4-8-15/h5-6,9-10,12,15,17H,2-4,7-8,13H2,1H3/t17-/m1/s1. The van der Waals surface area contributed by atoms with Gasteiger partial charge in [0.25, 0.3) is 0 Å². The average molecular weight is 456 g/mol. The molecule has 0 aliphatic heterocycles. The molecule has 2 heterocycles. The smallest absolute Gasteiger partial charge is 0.192 e. The van der Waals surface area contributed by atoms with Gasteiger partial charge in [0.05, 0.1) is 17.4 Å². The minimum absolute atomic E-state index is 0.0823. The number of thiazole rings is 1. The normalized spacial score (nSPS) is 15.5. The van der Waals surface area contributed by atoms with E-state index in [1.165, 1.54) is 35.6 Å². The van der Waals surface area contributed by atoms with Crippen LogP contribution in [0.3, 0.4) is 0 Å². The third kappa shape index (κ3) is 4.70. The van der Waals surface area contributed by atoms with Gasteiger partial charge in [0.15, 0.2) is 22.7 Å². The van der Waals surface area contributed by atoms with Gasteiger partial charge >= 0.3 is 0 Å². The maximum atomic E-state index is 14.5. The highest BCUT2D eigenvalue weighted by atomic mass is 32.2. The van der Waals surface area contributed by atoms with Crippen LogP contribution < -0.4 is 0 Å². The topological polar surface area (TPSA) is 84.5 Å². The summed E-state index contributed by atoms with van der Waals surface area (Å²) in [4.78, 5) is 17.1. The number of hydrogen-bond acceptors (Lipinski definition) is 7. The molecule has 0 amide bonds. The fraction of sp³-hybridized carbons (Fsp3) is 0.409. The van der Waals surface area contributed by atoms with Crippen LogP contribution in [0.4, 0.5) is 4.39 Å². The first-order valence-corrected chi connectivity index (χ1v) is 12.1. The van der Waals surface area contributed by atoms with Crippen molar-refractivity contribution in [3.8, 4) is 17.5 Å². The van der Waals surface area contributed by atoms with E-state index in [4.69, 9.17) is 0 Å². The van der Waals surface area contributed by atoms with Crippen LogP contribution in [0.1, 0.15) is 54.8 Å². The first-order chi connectivity index (χ1) is 15.1. The second kappa shape index (κ2) is 9.71. The molecule has 0 bridgehead atoms. The quantitative estimate of drug-likeness (QED) is 0.448. The van der Waals surface area contributed by atoms with E-state index in [1.807, 2.05) is 16.9 Å². The third-order valence-electron chi connectivity index (χ3n) is 5.40. The fourth-order valence-electron chi connectivity index (χ4n) is 3.86. The molecule has 0 radical (unpaired) electrons. The Kier molecular flexibility index (Phi) is 6.78. The lowest BCUT2D eigenvalue weighted by atomic mass is 9.95. The molecule has 0 saturated heterocycles. The molecule has 1 aliphatic rings. The number of nitrogens with zero attached hydrogens (tertiary/aromatic N) is 5. The summed E-state index contributed by atoms with van der Waals surface area (Å²) >= 11 is 2.58. The summed E-state index contributed by atoms with van der Waals surface area (Å²) in [5.74, 6) is -0.870. The van der Waals surface area contributed by atoms with E-state index >= 15 is 0 Å². The summed E-state index contributed by atoms with van der Waals surface area (Å²) in [5, 5.41) is 21.0. The first kappa shape index (κ1) is 21.7. The highest BCUT2D eigenvalue weighted by Crippen LogP contribution is 2.36. The number of thioether (sulfide) groups is 1. The van der Waals surface area contributed by atoms with Gasteiger partial charge in [-0.15, -0.1) is 21.5 Å². The molecule has 1 atom stereocenters. The number of benzene rings is 1. The molecule has 0 N–H and O–H groups in total. The van der Waals surface area contributed by atoms with Gasteiger partial charge in [-0.25, -0.2) is 9.37 Å². The van der Waals surface area contributed by atoms with Crippen molar-refractivity contribution >= 4 is 28.9 Å². The second-order valence-electron chi connectivity index (χ2n) is 7.59. The molecule has 1 aromatic carbocycles. The monoisotopic (exact) mass is 455 g/mol. The van der Waals surface area contributed by atoms with E-state index in [1.54, 1.807) is 18.2 Å². The van der Waals surface area contributed by atoms with Crippen molar-refractivity contribution < 1.29 is 9.18 Å². The Morgan fingerprint density at radius 2 is 2.10 bits per heavy atom. The Hall–Kier alpha value is -2.57. The SMILES string of the molecule is Cc1csc([C@H](C#N)C(=O)CSc2nnc(-c3ccccc3F)n2C2CCCCC2)n1.